The second-order valence-corrected chi connectivity index (χ2v) is 6.37. The van der Waals surface area contributed by atoms with Gasteiger partial charge >= 0.3 is 0 Å². The van der Waals surface area contributed by atoms with Crippen LogP contribution in [0.5, 0.6) is 0 Å². The van der Waals surface area contributed by atoms with Crippen molar-refractivity contribution >= 4 is 11.8 Å². The molecule has 0 saturated carbocycles. The standard InChI is InChI=1S/C12H22NO2/c1-11(2,3)7-9(14)13-10(15)8-12(4,5)6/h7-8H2,1-6H3. The predicted octanol–water partition coefficient (Wildman–Crippen LogP) is 2.52. The third-order valence-corrected chi connectivity index (χ3v) is 1.61. The van der Waals surface area contributed by atoms with Gasteiger partial charge in [0, 0.05) is 12.8 Å². The van der Waals surface area contributed by atoms with Gasteiger partial charge in [0.1, 0.15) is 0 Å². The average Bonchev–Trinajstić information content (AvgIpc) is 1.73. The molecule has 3 heteroatoms. The highest BCUT2D eigenvalue weighted by Gasteiger charge is 2.22. The van der Waals surface area contributed by atoms with Gasteiger partial charge in [-0.15, -0.1) is 0 Å². The molecule has 2 amide bonds. The molecule has 15 heavy (non-hydrogen) atoms. The summed E-state index contributed by atoms with van der Waals surface area (Å²) in [7, 11) is 0. The van der Waals surface area contributed by atoms with Crippen molar-refractivity contribution in [2.24, 2.45) is 10.8 Å². The largest absolute Gasteiger partial charge is 0.272 e. The Balaban J connectivity index is 4.04. The summed E-state index contributed by atoms with van der Waals surface area (Å²) in [5.74, 6) is -0.617. The van der Waals surface area contributed by atoms with Gasteiger partial charge in [0.15, 0.2) is 0 Å². The fourth-order valence-electron chi connectivity index (χ4n) is 1.13. The lowest BCUT2D eigenvalue weighted by atomic mass is 9.90. The minimum Gasteiger partial charge on any atom is -0.272 e. The topological polar surface area (TPSA) is 48.2 Å². The summed E-state index contributed by atoms with van der Waals surface area (Å²) < 4.78 is 0. The van der Waals surface area contributed by atoms with Crippen LogP contribution in [-0.4, -0.2) is 11.8 Å². The Morgan fingerprint density at radius 3 is 1.27 bits per heavy atom. The molecule has 87 valence electrons. The molecule has 0 spiro atoms. The van der Waals surface area contributed by atoms with Crippen LogP contribution >= 0.6 is 0 Å². The average molecular weight is 212 g/mol. The van der Waals surface area contributed by atoms with Gasteiger partial charge < -0.3 is 0 Å². The molecule has 0 aliphatic heterocycles. The van der Waals surface area contributed by atoms with E-state index in [9.17, 15) is 9.59 Å². The normalized spacial score (nSPS) is 12.4. The molecule has 0 fully saturated rings. The van der Waals surface area contributed by atoms with E-state index >= 15 is 0 Å². The lowest BCUT2D eigenvalue weighted by molar-refractivity contribution is -0.132. The minimum atomic E-state index is -0.309. The van der Waals surface area contributed by atoms with Gasteiger partial charge in [0.2, 0.25) is 11.8 Å². The maximum absolute atomic E-state index is 11.4. The second-order valence-electron chi connectivity index (χ2n) is 6.37. The van der Waals surface area contributed by atoms with E-state index in [1.165, 1.54) is 0 Å². The van der Waals surface area contributed by atoms with Crippen molar-refractivity contribution in [3.8, 4) is 0 Å². The molecule has 0 aromatic carbocycles. The highest BCUT2D eigenvalue weighted by atomic mass is 16.2. The first kappa shape index (κ1) is 14.1. The first-order valence-electron chi connectivity index (χ1n) is 5.27. The smallest absolute Gasteiger partial charge is 0.249 e. The van der Waals surface area contributed by atoms with Crippen molar-refractivity contribution in [2.45, 2.75) is 54.4 Å². The van der Waals surface area contributed by atoms with Gasteiger partial charge in [0.25, 0.3) is 0 Å². The molecule has 3 nitrogen and oxygen atoms in total. The van der Waals surface area contributed by atoms with Gasteiger partial charge in [-0.1, -0.05) is 41.5 Å². The molecule has 0 aliphatic carbocycles. The molecule has 0 bridgehead atoms. The Morgan fingerprint density at radius 2 is 1.07 bits per heavy atom. The SMILES string of the molecule is CC(C)(C)CC(=O)[N]C(=O)CC(C)(C)C. The summed E-state index contributed by atoms with van der Waals surface area (Å²) in [5, 5.41) is 3.57. The zero-order chi connectivity index (χ0) is 12.3. The van der Waals surface area contributed by atoms with Crippen LogP contribution in [0.3, 0.4) is 0 Å². The quantitative estimate of drug-likeness (QED) is 0.706. The first-order chi connectivity index (χ1) is 6.49. The van der Waals surface area contributed by atoms with Crippen LogP contribution in [0.2, 0.25) is 0 Å². The van der Waals surface area contributed by atoms with Crippen LogP contribution in [-0.2, 0) is 9.59 Å². The number of carbonyl (C=O) groups excluding carboxylic acids is 2. The molecule has 0 unspecified atom stereocenters. The summed E-state index contributed by atoms with van der Waals surface area (Å²) in [6.45, 7) is 11.7. The highest BCUT2D eigenvalue weighted by Crippen LogP contribution is 2.20. The molecule has 0 aromatic heterocycles. The molecule has 0 saturated heterocycles. The molecular weight excluding hydrogens is 190 g/mol. The number of amides is 2. The first-order valence-corrected chi connectivity index (χ1v) is 5.27. The molecule has 0 atom stereocenters. The maximum Gasteiger partial charge on any atom is 0.249 e. The van der Waals surface area contributed by atoms with E-state index in [-0.39, 0.29) is 22.6 Å². The number of carbonyl (C=O) groups is 2. The van der Waals surface area contributed by atoms with Crippen molar-refractivity contribution < 1.29 is 9.59 Å². The van der Waals surface area contributed by atoms with Gasteiger partial charge in [-0.05, 0) is 10.8 Å². The van der Waals surface area contributed by atoms with Crippen molar-refractivity contribution in [1.82, 2.24) is 5.32 Å². The third-order valence-electron chi connectivity index (χ3n) is 1.61. The predicted molar refractivity (Wildman–Crippen MR) is 60.3 cm³/mol. The highest BCUT2D eigenvalue weighted by molar-refractivity contribution is 5.95. The summed E-state index contributed by atoms with van der Waals surface area (Å²) in [4.78, 5) is 22.7. The Hall–Kier alpha value is -0.860. The van der Waals surface area contributed by atoms with Crippen LogP contribution in [0.4, 0.5) is 0 Å². The van der Waals surface area contributed by atoms with Crippen LogP contribution in [0.25, 0.3) is 0 Å². The Labute approximate surface area is 92.6 Å². The van der Waals surface area contributed by atoms with Crippen LogP contribution in [0.15, 0.2) is 0 Å². The van der Waals surface area contributed by atoms with Crippen LogP contribution in [0.1, 0.15) is 54.4 Å². The van der Waals surface area contributed by atoms with Crippen molar-refractivity contribution in [1.29, 1.82) is 0 Å². The van der Waals surface area contributed by atoms with E-state index < -0.39 is 0 Å². The van der Waals surface area contributed by atoms with Crippen molar-refractivity contribution in [2.75, 3.05) is 0 Å². The third kappa shape index (κ3) is 9.44. The molecule has 0 rings (SSSR count). The van der Waals surface area contributed by atoms with E-state index in [2.05, 4.69) is 5.32 Å². The molecular formula is C12H22NO2. The minimum absolute atomic E-state index is 0.109. The fraction of sp³-hybridized carbons (Fsp3) is 0.833. The van der Waals surface area contributed by atoms with Gasteiger partial charge in [-0.3, -0.25) is 9.59 Å². The zero-order valence-corrected chi connectivity index (χ0v) is 10.7. The summed E-state index contributed by atoms with van der Waals surface area (Å²) in [5.41, 5.74) is -0.217. The van der Waals surface area contributed by atoms with Gasteiger partial charge in [-0.2, -0.15) is 5.32 Å². The number of rotatable bonds is 2. The molecule has 0 aromatic rings. The molecule has 1 radical (unpaired) electrons. The summed E-state index contributed by atoms with van der Waals surface area (Å²) in [6, 6.07) is 0. The Morgan fingerprint density at radius 1 is 0.800 bits per heavy atom. The van der Waals surface area contributed by atoms with E-state index in [4.69, 9.17) is 0 Å². The zero-order valence-electron chi connectivity index (χ0n) is 10.7. The van der Waals surface area contributed by atoms with E-state index in [0.717, 1.165) is 0 Å². The van der Waals surface area contributed by atoms with E-state index in [1.807, 2.05) is 41.5 Å². The van der Waals surface area contributed by atoms with Crippen LogP contribution < -0.4 is 5.32 Å². The van der Waals surface area contributed by atoms with Crippen molar-refractivity contribution in [3.05, 3.63) is 0 Å². The summed E-state index contributed by atoms with van der Waals surface area (Å²) in [6.07, 6.45) is 0.645. The van der Waals surface area contributed by atoms with Gasteiger partial charge in [-0.25, -0.2) is 0 Å². The maximum atomic E-state index is 11.4. The Bertz CT molecular complexity index is 217. The van der Waals surface area contributed by atoms with E-state index in [1.54, 1.807) is 0 Å². The van der Waals surface area contributed by atoms with Crippen molar-refractivity contribution in [3.63, 3.8) is 0 Å². The molecule has 0 aliphatic rings. The number of nitrogens with zero attached hydrogens (tertiary/aromatic N) is 1. The lowest BCUT2D eigenvalue weighted by Gasteiger charge is -2.18. The molecule has 0 heterocycles. The van der Waals surface area contributed by atoms with E-state index in [0.29, 0.717) is 12.8 Å². The lowest BCUT2D eigenvalue weighted by Crippen LogP contribution is -2.29. The van der Waals surface area contributed by atoms with Crippen LogP contribution in [0, 0.1) is 10.8 Å². The number of hydrogen-bond donors (Lipinski definition) is 0. The second kappa shape index (κ2) is 4.77. The van der Waals surface area contributed by atoms with Gasteiger partial charge in [0.05, 0.1) is 0 Å². The fourth-order valence-corrected chi connectivity index (χ4v) is 1.13. The number of imide groups is 1. The number of hydrogen-bond acceptors (Lipinski definition) is 2. The molecule has 0 N–H and O–H groups in total. The monoisotopic (exact) mass is 212 g/mol. The summed E-state index contributed by atoms with van der Waals surface area (Å²) >= 11 is 0. The Kier molecular flexibility index (Phi) is 4.50.